The van der Waals surface area contributed by atoms with Crippen LogP contribution in [0.2, 0.25) is 0 Å². The van der Waals surface area contributed by atoms with Crippen LogP contribution in [-0.2, 0) is 6.54 Å². The van der Waals surface area contributed by atoms with Crippen LogP contribution >= 0.6 is 12.2 Å². The Morgan fingerprint density at radius 3 is 2.42 bits per heavy atom. The maximum Gasteiger partial charge on any atom is 0.175 e. The zero-order valence-electron chi connectivity index (χ0n) is 15.0. The first-order valence-electron chi connectivity index (χ1n) is 8.36. The quantitative estimate of drug-likeness (QED) is 0.649. The molecule has 0 aliphatic rings. The standard InChI is InChI=1S/C20H21FN4S/c1-13-6-4-5-7-16(13)12-25-15(3)19(14(2)24-25)23-20(26)22-18-10-8-17(21)9-11-18/h4-11H,12H2,1-3H3,(H2,22,23,26). The summed E-state index contributed by atoms with van der Waals surface area (Å²) in [4.78, 5) is 0. The van der Waals surface area contributed by atoms with Crippen molar-refractivity contribution in [2.75, 3.05) is 10.6 Å². The summed E-state index contributed by atoms with van der Waals surface area (Å²) < 4.78 is 15.0. The molecular weight excluding hydrogens is 347 g/mol. The third-order valence-corrected chi connectivity index (χ3v) is 4.51. The van der Waals surface area contributed by atoms with Crippen molar-refractivity contribution >= 4 is 28.7 Å². The molecule has 0 aliphatic heterocycles. The highest BCUT2D eigenvalue weighted by Crippen LogP contribution is 2.21. The summed E-state index contributed by atoms with van der Waals surface area (Å²) >= 11 is 5.38. The second kappa shape index (κ2) is 7.66. The molecule has 0 atom stereocenters. The number of aromatic nitrogens is 2. The van der Waals surface area contributed by atoms with Gasteiger partial charge in [-0.25, -0.2) is 4.39 Å². The van der Waals surface area contributed by atoms with E-state index in [2.05, 4.69) is 34.8 Å². The van der Waals surface area contributed by atoms with E-state index in [-0.39, 0.29) is 5.82 Å². The first-order valence-corrected chi connectivity index (χ1v) is 8.77. The largest absolute Gasteiger partial charge is 0.332 e. The SMILES string of the molecule is Cc1ccccc1Cn1nc(C)c(NC(=S)Nc2ccc(F)cc2)c1C. The third-order valence-electron chi connectivity index (χ3n) is 4.30. The van der Waals surface area contributed by atoms with Crippen LogP contribution in [0.5, 0.6) is 0 Å². The monoisotopic (exact) mass is 368 g/mol. The Balaban J connectivity index is 1.74. The normalized spacial score (nSPS) is 10.6. The number of nitrogens with one attached hydrogen (secondary N) is 2. The summed E-state index contributed by atoms with van der Waals surface area (Å²) in [6.07, 6.45) is 0. The number of nitrogens with zero attached hydrogens (tertiary/aromatic N) is 2. The molecule has 1 aromatic heterocycles. The fourth-order valence-corrected chi connectivity index (χ4v) is 3.01. The number of hydrogen-bond acceptors (Lipinski definition) is 2. The van der Waals surface area contributed by atoms with E-state index in [4.69, 9.17) is 12.2 Å². The molecule has 3 aromatic rings. The molecule has 0 fully saturated rings. The summed E-state index contributed by atoms with van der Waals surface area (Å²) in [7, 11) is 0. The molecule has 0 saturated carbocycles. The van der Waals surface area contributed by atoms with Crippen molar-refractivity contribution in [1.29, 1.82) is 0 Å². The predicted octanol–water partition coefficient (Wildman–Crippen LogP) is 4.80. The van der Waals surface area contributed by atoms with Crippen LogP contribution in [0.4, 0.5) is 15.8 Å². The zero-order valence-corrected chi connectivity index (χ0v) is 15.8. The Morgan fingerprint density at radius 1 is 1.04 bits per heavy atom. The lowest BCUT2D eigenvalue weighted by molar-refractivity contribution is 0.628. The molecule has 6 heteroatoms. The van der Waals surface area contributed by atoms with Crippen LogP contribution in [0.25, 0.3) is 0 Å². The highest BCUT2D eigenvalue weighted by Gasteiger charge is 2.13. The van der Waals surface area contributed by atoms with Gasteiger partial charge >= 0.3 is 0 Å². The molecule has 26 heavy (non-hydrogen) atoms. The molecule has 2 N–H and O–H groups in total. The van der Waals surface area contributed by atoms with Crippen molar-refractivity contribution in [3.05, 3.63) is 76.9 Å². The van der Waals surface area contributed by atoms with Crippen molar-refractivity contribution in [2.24, 2.45) is 0 Å². The number of thiocarbonyl (C=S) groups is 1. The summed E-state index contributed by atoms with van der Waals surface area (Å²) in [6.45, 7) is 6.77. The molecule has 134 valence electrons. The molecule has 0 aliphatic carbocycles. The van der Waals surface area contributed by atoms with E-state index < -0.39 is 0 Å². The van der Waals surface area contributed by atoms with Gasteiger partial charge in [-0.3, -0.25) is 4.68 Å². The van der Waals surface area contributed by atoms with Gasteiger partial charge in [0, 0.05) is 5.69 Å². The molecule has 4 nitrogen and oxygen atoms in total. The molecule has 0 radical (unpaired) electrons. The Hall–Kier alpha value is -2.73. The minimum absolute atomic E-state index is 0.279. The molecule has 0 saturated heterocycles. The van der Waals surface area contributed by atoms with E-state index in [0.29, 0.717) is 11.7 Å². The highest BCUT2D eigenvalue weighted by atomic mass is 32.1. The van der Waals surface area contributed by atoms with E-state index in [1.54, 1.807) is 12.1 Å². The van der Waals surface area contributed by atoms with Crippen LogP contribution in [0, 0.1) is 26.6 Å². The maximum absolute atomic E-state index is 13.0. The predicted molar refractivity (Wildman–Crippen MR) is 108 cm³/mol. The molecule has 0 bridgehead atoms. The second-order valence-corrected chi connectivity index (χ2v) is 6.62. The van der Waals surface area contributed by atoms with Gasteiger partial charge in [0.1, 0.15) is 5.82 Å². The maximum atomic E-state index is 13.0. The van der Waals surface area contributed by atoms with Gasteiger partial charge in [0.05, 0.1) is 23.6 Å². The van der Waals surface area contributed by atoms with Crippen LogP contribution < -0.4 is 10.6 Å². The highest BCUT2D eigenvalue weighted by molar-refractivity contribution is 7.80. The van der Waals surface area contributed by atoms with Crippen LogP contribution in [-0.4, -0.2) is 14.9 Å². The van der Waals surface area contributed by atoms with Gasteiger partial charge in [0.25, 0.3) is 0 Å². The number of benzene rings is 2. The van der Waals surface area contributed by atoms with E-state index in [9.17, 15) is 4.39 Å². The Kier molecular flexibility index (Phi) is 5.32. The molecular formula is C20H21FN4S. The Labute approximate surface area is 158 Å². The summed E-state index contributed by atoms with van der Waals surface area (Å²) in [5, 5.41) is 11.3. The van der Waals surface area contributed by atoms with Gasteiger partial charge in [-0.15, -0.1) is 0 Å². The molecule has 1 heterocycles. The van der Waals surface area contributed by atoms with E-state index in [1.165, 1.54) is 23.3 Å². The van der Waals surface area contributed by atoms with Crippen molar-refractivity contribution in [2.45, 2.75) is 27.3 Å². The summed E-state index contributed by atoms with van der Waals surface area (Å²) in [6, 6.07) is 14.3. The Bertz CT molecular complexity index is 931. The van der Waals surface area contributed by atoms with E-state index in [1.807, 2.05) is 30.7 Å². The van der Waals surface area contributed by atoms with Crippen molar-refractivity contribution in [3.63, 3.8) is 0 Å². The molecule has 0 amide bonds. The average molecular weight is 368 g/mol. The molecule has 2 aromatic carbocycles. The molecule has 0 unspecified atom stereocenters. The average Bonchev–Trinajstić information content (AvgIpc) is 2.86. The summed E-state index contributed by atoms with van der Waals surface area (Å²) in [5.41, 5.74) is 5.97. The number of halogens is 1. The first kappa shape index (κ1) is 18.1. The zero-order chi connectivity index (χ0) is 18.7. The van der Waals surface area contributed by atoms with Crippen molar-refractivity contribution in [3.8, 4) is 0 Å². The number of aryl methyl sites for hydroxylation is 2. The molecule has 0 spiro atoms. The third kappa shape index (κ3) is 4.08. The van der Waals surface area contributed by atoms with Crippen LogP contribution in [0.15, 0.2) is 48.5 Å². The fraction of sp³-hybridized carbons (Fsp3) is 0.200. The van der Waals surface area contributed by atoms with Gasteiger partial charge in [-0.05, 0) is 68.4 Å². The summed E-state index contributed by atoms with van der Waals surface area (Å²) in [5.74, 6) is -0.279. The van der Waals surface area contributed by atoms with Gasteiger partial charge in [0.15, 0.2) is 5.11 Å². The smallest absolute Gasteiger partial charge is 0.175 e. The van der Waals surface area contributed by atoms with Crippen molar-refractivity contribution < 1.29 is 4.39 Å². The van der Waals surface area contributed by atoms with Crippen LogP contribution in [0.1, 0.15) is 22.5 Å². The lowest BCUT2D eigenvalue weighted by Gasteiger charge is -2.12. The minimum atomic E-state index is -0.279. The van der Waals surface area contributed by atoms with Crippen molar-refractivity contribution in [1.82, 2.24) is 9.78 Å². The first-order chi connectivity index (χ1) is 12.4. The lowest BCUT2D eigenvalue weighted by Crippen LogP contribution is -2.20. The molecule has 3 rings (SSSR count). The topological polar surface area (TPSA) is 41.9 Å². The lowest BCUT2D eigenvalue weighted by atomic mass is 10.1. The fourth-order valence-electron chi connectivity index (χ4n) is 2.79. The van der Waals surface area contributed by atoms with Gasteiger partial charge in [-0.2, -0.15) is 5.10 Å². The Morgan fingerprint density at radius 2 is 1.73 bits per heavy atom. The van der Waals surface area contributed by atoms with Gasteiger partial charge in [0.2, 0.25) is 0 Å². The minimum Gasteiger partial charge on any atom is -0.332 e. The van der Waals surface area contributed by atoms with Gasteiger partial charge < -0.3 is 10.6 Å². The number of anilines is 2. The van der Waals surface area contributed by atoms with Crippen LogP contribution in [0.3, 0.4) is 0 Å². The second-order valence-electron chi connectivity index (χ2n) is 6.22. The van der Waals surface area contributed by atoms with Gasteiger partial charge in [-0.1, -0.05) is 24.3 Å². The number of rotatable bonds is 4. The van der Waals surface area contributed by atoms with E-state index >= 15 is 0 Å². The van der Waals surface area contributed by atoms with E-state index in [0.717, 1.165) is 22.8 Å². The number of hydrogen-bond donors (Lipinski definition) is 2.